The van der Waals surface area contributed by atoms with Crippen molar-refractivity contribution >= 4 is 38.9 Å². The predicted molar refractivity (Wildman–Crippen MR) is 133 cm³/mol. The number of ether oxygens (including phenoxy) is 1. The molecule has 178 valence electrons. The van der Waals surface area contributed by atoms with Crippen LogP contribution < -0.4 is 19.7 Å². The van der Waals surface area contributed by atoms with Crippen molar-refractivity contribution in [2.75, 3.05) is 28.1 Å². The third kappa shape index (κ3) is 6.14. The molecular weight excluding hydrogens is 454 g/mol. The van der Waals surface area contributed by atoms with Gasteiger partial charge in [0.2, 0.25) is 11.8 Å². The standard InChI is InChI=1S/C25H27N3O5S/c1-4-33-24-11-6-5-10-23(24)28(34(31,32)22-14-12-18(2)13-15-22)17-25(30)27-21-9-7-8-20(16-21)26-19(3)29/h5-16H,4,17H2,1-3H3,(H,26,29)(H,27,30). The Labute approximate surface area is 199 Å². The quantitative estimate of drug-likeness (QED) is 0.477. The molecule has 2 N–H and O–H groups in total. The highest BCUT2D eigenvalue weighted by atomic mass is 32.2. The summed E-state index contributed by atoms with van der Waals surface area (Å²) in [5.41, 5.74) is 2.10. The summed E-state index contributed by atoms with van der Waals surface area (Å²) in [6, 6.07) is 19.7. The molecule has 8 nitrogen and oxygen atoms in total. The lowest BCUT2D eigenvalue weighted by Gasteiger charge is -2.26. The molecule has 3 aromatic carbocycles. The lowest BCUT2D eigenvalue weighted by atomic mass is 10.2. The van der Waals surface area contributed by atoms with Crippen LogP contribution in [0.3, 0.4) is 0 Å². The molecule has 0 saturated carbocycles. The SMILES string of the molecule is CCOc1ccccc1N(CC(=O)Nc1cccc(NC(C)=O)c1)S(=O)(=O)c1ccc(C)cc1. The zero-order valence-corrected chi connectivity index (χ0v) is 20.1. The van der Waals surface area contributed by atoms with E-state index in [-0.39, 0.29) is 16.5 Å². The van der Waals surface area contributed by atoms with E-state index in [4.69, 9.17) is 4.74 Å². The number of aryl methyl sites for hydroxylation is 1. The van der Waals surface area contributed by atoms with Gasteiger partial charge in [-0.3, -0.25) is 13.9 Å². The van der Waals surface area contributed by atoms with Crippen LogP contribution in [-0.2, 0) is 19.6 Å². The van der Waals surface area contributed by atoms with Crippen molar-refractivity contribution < 1.29 is 22.7 Å². The monoisotopic (exact) mass is 481 g/mol. The second-order valence-corrected chi connectivity index (χ2v) is 9.40. The molecule has 34 heavy (non-hydrogen) atoms. The van der Waals surface area contributed by atoms with E-state index in [0.717, 1.165) is 9.87 Å². The highest BCUT2D eigenvalue weighted by Gasteiger charge is 2.29. The molecule has 2 amide bonds. The molecule has 0 bridgehead atoms. The number of benzene rings is 3. The van der Waals surface area contributed by atoms with E-state index in [2.05, 4.69) is 10.6 Å². The van der Waals surface area contributed by atoms with Crippen molar-refractivity contribution in [2.45, 2.75) is 25.7 Å². The van der Waals surface area contributed by atoms with Crippen LogP contribution in [0.1, 0.15) is 19.4 Å². The minimum atomic E-state index is -4.09. The lowest BCUT2D eigenvalue weighted by molar-refractivity contribution is -0.115. The normalized spacial score (nSPS) is 10.9. The van der Waals surface area contributed by atoms with Crippen LogP contribution in [0.15, 0.2) is 77.7 Å². The topological polar surface area (TPSA) is 105 Å². The first-order chi connectivity index (χ1) is 16.2. The van der Waals surface area contributed by atoms with Crippen molar-refractivity contribution in [2.24, 2.45) is 0 Å². The number of anilines is 3. The Bertz CT molecular complexity index is 1270. The van der Waals surface area contributed by atoms with Gasteiger partial charge in [-0.05, 0) is 56.3 Å². The van der Waals surface area contributed by atoms with Gasteiger partial charge in [-0.1, -0.05) is 35.9 Å². The van der Waals surface area contributed by atoms with Crippen LogP contribution in [0.2, 0.25) is 0 Å². The van der Waals surface area contributed by atoms with Gasteiger partial charge in [0, 0.05) is 18.3 Å². The first-order valence-electron chi connectivity index (χ1n) is 10.7. The third-order valence-corrected chi connectivity index (χ3v) is 6.57. The molecule has 0 aliphatic carbocycles. The summed E-state index contributed by atoms with van der Waals surface area (Å²) in [5, 5.41) is 5.35. The summed E-state index contributed by atoms with van der Waals surface area (Å²) in [6.45, 7) is 4.89. The number of hydrogen-bond acceptors (Lipinski definition) is 5. The Hall–Kier alpha value is -3.85. The molecule has 3 rings (SSSR count). The average Bonchev–Trinajstić information content (AvgIpc) is 2.78. The Balaban J connectivity index is 1.95. The summed E-state index contributed by atoms with van der Waals surface area (Å²) < 4.78 is 33.9. The number of para-hydroxylation sites is 2. The van der Waals surface area contributed by atoms with Crippen molar-refractivity contribution in [3.05, 3.63) is 78.4 Å². The zero-order chi connectivity index (χ0) is 24.7. The summed E-state index contributed by atoms with van der Waals surface area (Å²) in [7, 11) is -4.09. The van der Waals surface area contributed by atoms with Crippen LogP contribution >= 0.6 is 0 Å². The predicted octanol–water partition coefficient (Wildman–Crippen LogP) is 4.19. The molecule has 0 aromatic heterocycles. The number of sulfonamides is 1. The van der Waals surface area contributed by atoms with Gasteiger partial charge < -0.3 is 15.4 Å². The van der Waals surface area contributed by atoms with E-state index in [1.54, 1.807) is 67.6 Å². The fourth-order valence-electron chi connectivity index (χ4n) is 3.29. The fourth-order valence-corrected chi connectivity index (χ4v) is 4.72. The van der Waals surface area contributed by atoms with Gasteiger partial charge >= 0.3 is 0 Å². The van der Waals surface area contributed by atoms with Gasteiger partial charge in [-0.2, -0.15) is 0 Å². The van der Waals surface area contributed by atoms with E-state index < -0.39 is 22.5 Å². The van der Waals surface area contributed by atoms with Crippen molar-refractivity contribution in [1.82, 2.24) is 0 Å². The van der Waals surface area contributed by atoms with Gasteiger partial charge in [0.15, 0.2) is 0 Å². The van der Waals surface area contributed by atoms with Gasteiger partial charge in [0.1, 0.15) is 12.3 Å². The maximum Gasteiger partial charge on any atom is 0.264 e. The Morgan fingerprint density at radius 3 is 2.21 bits per heavy atom. The molecule has 0 heterocycles. The van der Waals surface area contributed by atoms with Crippen molar-refractivity contribution in [1.29, 1.82) is 0 Å². The molecular formula is C25H27N3O5S. The number of hydrogen-bond donors (Lipinski definition) is 2. The summed E-state index contributed by atoms with van der Waals surface area (Å²) in [5.74, 6) is -0.450. The Kier molecular flexibility index (Phi) is 7.91. The number of amides is 2. The number of carbonyl (C=O) groups is 2. The molecule has 0 spiro atoms. The number of carbonyl (C=O) groups excluding carboxylic acids is 2. The van der Waals surface area contributed by atoms with Crippen LogP contribution in [0.4, 0.5) is 17.1 Å². The molecule has 0 saturated heterocycles. The number of nitrogens with zero attached hydrogens (tertiary/aromatic N) is 1. The van der Waals surface area contributed by atoms with E-state index in [0.29, 0.717) is 23.7 Å². The van der Waals surface area contributed by atoms with Crippen molar-refractivity contribution in [3.8, 4) is 5.75 Å². The third-order valence-electron chi connectivity index (χ3n) is 4.80. The largest absolute Gasteiger partial charge is 0.492 e. The van der Waals surface area contributed by atoms with Gasteiger partial charge in [0.25, 0.3) is 10.0 Å². The molecule has 0 unspecified atom stereocenters. The summed E-state index contributed by atoms with van der Waals surface area (Å²) in [4.78, 5) is 24.4. The first-order valence-corrected chi connectivity index (χ1v) is 12.1. The Morgan fingerprint density at radius 2 is 1.56 bits per heavy atom. The average molecular weight is 482 g/mol. The maximum atomic E-state index is 13.6. The van der Waals surface area contributed by atoms with Crippen molar-refractivity contribution in [3.63, 3.8) is 0 Å². The second-order valence-electron chi connectivity index (χ2n) is 7.54. The molecule has 0 fully saturated rings. The number of rotatable bonds is 9. The minimum absolute atomic E-state index is 0.0601. The van der Waals surface area contributed by atoms with Crippen LogP contribution in [0.25, 0.3) is 0 Å². The molecule has 0 aliphatic heterocycles. The van der Waals surface area contributed by atoms with Crippen LogP contribution in [0, 0.1) is 6.92 Å². The van der Waals surface area contributed by atoms with E-state index in [1.807, 2.05) is 6.92 Å². The number of nitrogens with one attached hydrogen (secondary N) is 2. The van der Waals surface area contributed by atoms with Crippen LogP contribution in [-0.4, -0.2) is 33.4 Å². The molecule has 0 atom stereocenters. The lowest BCUT2D eigenvalue weighted by Crippen LogP contribution is -2.38. The van der Waals surface area contributed by atoms with Gasteiger partial charge in [-0.25, -0.2) is 8.42 Å². The summed E-state index contributed by atoms with van der Waals surface area (Å²) in [6.07, 6.45) is 0. The smallest absolute Gasteiger partial charge is 0.264 e. The molecule has 0 aliphatic rings. The molecule has 0 radical (unpaired) electrons. The zero-order valence-electron chi connectivity index (χ0n) is 19.2. The second kappa shape index (κ2) is 10.8. The molecule has 3 aromatic rings. The van der Waals surface area contributed by atoms with E-state index >= 15 is 0 Å². The first kappa shape index (κ1) is 24.8. The van der Waals surface area contributed by atoms with E-state index in [1.165, 1.54) is 19.1 Å². The Morgan fingerprint density at radius 1 is 0.912 bits per heavy atom. The highest BCUT2D eigenvalue weighted by molar-refractivity contribution is 7.92. The molecule has 9 heteroatoms. The fraction of sp³-hybridized carbons (Fsp3) is 0.200. The highest BCUT2D eigenvalue weighted by Crippen LogP contribution is 2.32. The van der Waals surface area contributed by atoms with Gasteiger partial charge in [0.05, 0.1) is 17.2 Å². The minimum Gasteiger partial charge on any atom is -0.492 e. The maximum absolute atomic E-state index is 13.6. The van der Waals surface area contributed by atoms with Gasteiger partial charge in [-0.15, -0.1) is 0 Å². The van der Waals surface area contributed by atoms with Crippen LogP contribution in [0.5, 0.6) is 5.75 Å². The summed E-state index contributed by atoms with van der Waals surface area (Å²) >= 11 is 0. The van der Waals surface area contributed by atoms with E-state index in [9.17, 15) is 18.0 Å².